The highest BCUT2D eigenvalue weighted by atomic mass is 16.5. The van der Waals surface area contributed by atoms with Crippen LogP contribution in [0.25, 0.3) is 0 Å². The van der Waals surface area contributed by atoms with Gasteiger partial charge in [-0.05, 0) is 0 Å². The zero-order chi connectivity index (χ0) is 13.4. The Hall–Kier alpha value is -1.14. The fourth-order valence-electron chi connectivity index (χ4n) is 1.83. The predicted molar refractivity (Wildman–Crippen MR) is 66.1 cm³/mol. The number of morpholine rings is 1. The van der Waals surface area contributed by atoms with Gasteiger partial charge in [-0.2, -0.15) is 0 Å². The van der Waals surface area contributed by atoms with E-state index in [1.165, 1.54) is 6.92 Å². The third-order valence-electron chi connectivity index (χ3n) is 2.97. The maximum atomic E-state index is 11.9. The van der Waals surface area contributed by atoms with Gasteiger partial charge in [-0.25, -0.2) is 0 Å². The van der Waals surface area contributed by atoms with Gasteiger partial charge in [-0.1, -0.05) is 0 Å². The van der Waals surface area contributed by atoms with Crippen LogP contribution in [0.3, 0.4) is 0 Å². The predicted octanol–water partition coefficient (Wildman–Crippen LogP) is -0.270. The molecular formula is C12H22N2O4. The molecule has 1 aliphatic heterocycles. The number of hydrogen-bond acceptors (Lipinski definition) is 4. The summed E-state index contributed by atoms with van der Waals surface area (Å²) in [6.45, 7) is 5.49. The van der Waals surface area contributed by atoms with Crippen molar-refractivity contribution in [3.8, 4) is 0 Å². The molecule has 1 heterocycles. The number of ether oxygens (including phenoxy) is 2. The maximum absolute atomic E-state index is 11.9. The van der Waals surface area contributed by atoms with Crippen molar-refractivity contribution in [2.45, 2.75) is 13.3 Å². The minimum Gasteiger partial charge on any atom is -0.383 e. The molecule has 1 saturated heterocycles. The Balaban J connectivity index is 2.31. The van der Waals surface area contributed by atoms with Gasteiger partial charge in [-0.3, -0.25) is 9.59 Å². The number of hydrogen-bond donors (Lipinski definition) is 0. The Bertz CT molecular complexity index is 277. The third-order valence-corrected chi connectivity index (χ3v) is 2.97. The smallest absolute Gasteiger partial charge is 0.224 e. The first-order valence-electron chi connectivity index (χ1n) is 6.25. The SMILES string of the molecule is COCCN(CCC(=O)N1CCOCC1)C(C)=O. The monoisotopic (exact) mass is 258 g/mol. The van der Waals surface area contributed by atoms with Crippen molar-refractivity contribution in [3.05, 3.63) is 0 Å². The zero-order valence-electron chi connectivity index (χ0n) is 11.2. The Labute approximate surface area is 108 Å². The van der Waals surface area contributed by atoms with E-state index in [2.05, 4.69) is 0 Å². The number of carbonyl (C=O) groups excluding carboxylic acids is 2. The summed E-state index contributed by atoms with van der Waals surface area (Å²) in [7, 11) is 1.59. The summed E-state index contributed by atoms with van der Waals surface area (Å²) < 4.78 is 10.1. The van der Waals surface area contributed by atoms with Gasteiger partial charge in [0.1, 0.15) is 0 Å². The van der Waals surface area contributed by atoms with Crippen LogP contribution in [-0.4, -0.2) is 74.7 Å². The quantitative estimate of drug-likeness (QED) is 0.658. The fourth-order valence-corrected chi connectivity index (χ4v) is 1.83. The Morgan fingerprint density at radius 2 is 1.94 bits per heavy atom. The van der Waals surface area contributed by atoms with Crippen molar-refractivity contribution >= 4 is 11.8 Å². The Morgan fingerprint density at radius 3 is 2.50 bits per heavy atom. The van der Waals surface area contributed by atoms with Gasteiger partial charge in [0.05, 0.1) is 19.8 Å². The van der Waals surface area contributed by atoms with Crippen LogP contribution in [0.1, 0.15) is 13.3 Å². The number of methoxy groups -OCH3 is 1. The molecule has 0 aromatic rings. The number of rotatable bonds is 6. The lowest BCUT2D eigenvalue weighted by molar-refractivity contribution is -0.136. The third kappa shape index (κ3) is 5.01. The number of nitrogens with zero attached hydrogens (tertiary/aromatic N) is 2. The summed E-state index contributed by atoms with van der Waals surface area (Å²) in [5.74, 6) is 0.0591. The molecule has 0 radical (unpaired) electrons. The molecular weight excluding hydrogens is 236 g/mol. The van der Waals surface area contributed by atoms with E-state index in [9.17, 15) is 9.59 Å². The minimum atomic E-state index is -0.0261. The van der Waals surface area contributed by atoms with Crippen molar-refractivity contribution in [2.75, 3.05) is 53.1 Å². The molecule has 0 spiro atoms. The van der Waals surface area contributed by atoms with E-state index in [1.54, 1.807) is 16.9 Å². The van der Waals surface area contributed by atoms with Gasteiger partial charge < -0.3 is 19.3 Å². The molecule has 1 fully saturated rings. The van der Waals surface area contributed by atoms with Crippen molar-refractivity contribution in [2.24, 2.45) is 0 Å². The lowest BCUT2D eigenvalue weighted by atomic mass is 10.3. The molecule has 1 rings (SSSR count). The highest BCUT2D eigenvalue weighted by molar-refractivity contribution is 5.78. The van der Waals surface area contributed by atoms with Crippen LogP contribution in [0, 0.1) is 0 Å². The molecule has 2 amide bonds. The van der Waals surface area contributed by atoms with E-state index in [1.807, 2.05) is 0 Å². The van der Waals surface area contributed by atoms with Gasteiger partial charge in [0.15, 0.2) is 0 Å². The number of amides is 2. The first-order valence-corrected chi connectivity index (χ1v) is 6.25. The van der Waals surface area contributed by atoms with Crippen molar-refractivity contribution < 1.29 is 19.1 Å². The summed E-state index contributed by atoms with van der Waals surface area (Å²) in [6, 6.07) is 0. The highest BCUT2D eigenvalue weighted by Gasteiger charge is 2.18. The molecule has 0 atom stereocenters. The molecule has 0 N–H and O–H groups in total. The minimum absolute atomic E-state index is 0.0261. The average Bonchev–Trinajstić information content (AvgIpc) is 2.39. The highest BCUT2D eigenvalue weighted by Crippen LogP contribution is 2.02. The van der Waals surface area contributed by atoms with Crippen LogP contribution < -0.4 is 0 Å². The fraction of sp³-hybridized carbons (Fsp3) is 0.833. The molecule has 6 nitrogen and oxygen atoms in total. The summed E-state index contributed by atoms with van der Waals surface area (Å²) >= 11 is 0. The standard InChI is InChI=1S/C12H22N2O4/c1-11(15)13(5-8-17-2)4-3-12(16)14-6-9-18-10-7-14/h3-10H2,1-2H3. The molecule has 0 bridgehead atoms. The second kappa shape index (κ2) is 8.05. The molecule has 0 saturated carbocycles. The van der Waals surface area contributed by atoms with Crippen molar-refractivity contribution in [1.82, 2.24) is 9.80 Å². The lowest BCUT2D eigenvalue weighted by Crippen LogP contribution is -2.42. The van der Waals surface area contributed by atoms with Crippen LogP contribution in [-0.2, 0) is 19.1 Å². The molecule has 1 aliphatic rings. The average molecular weight is 258 g/mol. The van der Waals surface area contributed by atoms with Crippen LogP contribution >= 0.6 is 0 Å². The molecule has 0 aromatic carbocycles. The van der Waals surface area contributed by atoms with E-state index in [-0.39, 0.29) is 11.8 Å². The molecule has 0 aromatic heterocycles. The van der Waals surface area contributed by atoms with Crippen LogP contribution in [0.4, 0.5) is 0 Å². The Morgan fingerprint density at radius 1 is 1.28 bits per heavy atom. The lowest BCUT2D eigenvalue weighted by Gasteiger charge is -2.28. The summed E-state index contributed by atoms with van der Waals surface area (Å²) in [6.07, 6.45) is 0.364. The normalized spacial score (nSPS) is 15.6. The maximum Gasteiger partial charge on any atom is 0.224 e. The molecule has 0 unspecified atom stereocenters. The first kappa shape index (κ1) is 14.9. The van der Waals surface area contributed by atoms with Crippen LogP contribution in [0.5, 0.6) is 0 Å². The zero-order valence-corrected chi connectivity index (χ0v) is 11.2. The van der Waals surface area contributed by atoms with E-state index < -0.39 is 0 Å². The van der Waals surface area contributed by atoms with Crippen molar-refractivity contribution in [1.29, 1.82) is 0 Å². The molecule has 0 aliphatic carbocycles. The van der Waals surface area contributed by atoms with E-state index in [4.69, 9.17) is 9.47 Å². The van der Waals surface area contributed by atoms with Crippen molar-refractivity contribution in [3.63, 3.8) is 0 Å². The van der Waals surface area contributed by atoms with E-state index in [0.717, 1.165) is 0 Å². The Kier molecular flexibility index (Phi) is 6.67. The van der Waals surface area contributed by atoms with E-state index >= 15 is 0 Å². The van der Waals surface area contributed by atoms with Crippen LogP contribution in [0.15, 0.2) is 0 Å². The largest absolute Gasteiger partial charge is 0.383 e. The summed E-state index contributed by atoms with van der Waals surface area (Å²) in [4.78, 5) is 26.7. The number of carbonyl (C=O) groups is 2. The molecule has 104 valence electrons. The first-order chi connectivity index (χ1) is 8.65. The van der Waals surface area contributed by atoms with Gasteiger partial charge >= 0.3 is 0 Å². The summed E-state index contributed by atoms with van der Waals surface area (Å²) in [5.41, 5.74) is 0. The second-order valence-corrected chi connectivity index (χ2v) is 4.24. The van der Waals surface area contributed by atoms with E-state index in [0.29, 0.717) is 52.4 Å². The van der Waals surface area contributed by atoms with Gasteiger partial charge in [0.25, 0.3) is 0 Å². The topological polar surface area (TPSA) is 59.1 Å². The molecule has 18 heavy (non-hydrogen) atoms. The van der Waals surface area contributed by atoms with Gasteiger partial charge in [0, 0.05) is 46.6 Å². The van der Waals surface area contributed by atoms with Gasteiger partial charge in [-0.15, -0.1) is 0 Å². The van der Waals surface area contributed by atoms with Crippen LogP contribution in [0.2, 0.25) is 0 Å². The molecule has 6 heteroatoms. The van der Waals surface area contributed by atoms with Gasteiger partial charge in [0.2, 0.25) is 11.8 Å². The second-order valence-electron chi connectivity index (χ2n) is 4.24. The summed E-state index contributed by atoms with van der Waals surface area (Å²) in [5, 5.41) is 0.